The number of aliphatic hydroxyl groups is 1. The molecule has 2 atom stereocenters. The minimum Gasteiger partial charge on any atom is -0.394 e. The summed E-state index contributed by atoms with van der Waals surface area (Å²) in [4.78, 5) is 0. The van der Waals surface area contributed by atoms with E-state index in [0.29, 0.717) is 12.5 Å². The Labute approximate surface area is 109 Å². The maximum atomic E-state index is 9.81. The van der Waals surface area contributed by atoms with Gasteiger partial charge in [-0.25, -0.2) is 0 Å². The third-order valence-corrected chi connectivity index (χ3v) is 3.89. The smallest absolute Gasteiger partial charge is 0.150 e. The molecular formula is C14H24N2O2. The van der Waals surface area contributed by atoms with Crippen LogP contribution in [-0.2, 0) is 6.54 Å². The van der Waals surface area contributed by atoms with Crippen molar-refractivity contribution < 1.29 is 9.63 Å². The van der Waals surface area contributed by atoms with Gasteiger partial charge in [-0.15, -0.1) is 0 Å². The molecule has 0 amide bonds. The fraction of sp³-hybridized carbons (Fsp3) is 0.786. The van der Waals surface area contributed by atoms with Gasteiger partial charge in [0.1, 0.15) is 5.76 Å². The second kappa shape index (κ2) is 5.02. The second-order valence-electron chi connectivity index (χ2n) is 6.63. The van der Waals surface area contributed by atoms with Crippen LogP contribution in [0.3, 0.4) is 0 Å². The lowest BCUT2D eigenvalue weighted by atomic mass is 9.64. The summed E-state index contributed by atoms with van der Waals surface area (Å²) in [6, 6.07) is 1.86. The van der Waals surface area contributed by atoms with Crippen molar-refractivity contribution in [3.8, 4) is 0 Å². The van der Waals surface area contributed by atoms with E-state index in [1.165, 1.54) is 6.42 Å². The molecule has 0 saturated heterocycles. The summed E-state index contributed by atoms with van der Waals surface area (Å²) in [5.41, 5.74) is 0.0861. The number of hydrogen-bond donors (Lipinski definition) is 2. The molecule has 0 radical (unpaired) electrons. The van der Waals surface area contributed by atoms with E-state index in [1.807, 2.05) is 6.07 Å². The monoisotopic (exact) mass is 252 g/mol. The van der Waals surface area contributed by atoms with E-state index >= 15 is 0 Å². The molecular weight excluding hydrogens is 228 g/mol. The van der Waals surface area contributed by atoms with Gasteiger partial charge in [0.05, 0.1) is 19.3 Å². The van der Waals surface area contributed by atoms with Crippen LogP contribution in [0.15, 0.2) is 16.8 Å². The highest BCUT2D eigenvalue weighted by atomic mass is 16.5. The Morgan fingerprint density at radius 2 is 2.28 bits per heavy atom. The number of hydrogen-bond acceptors (Lipinski definition) is 4. The summed E-state index contributed by atoms with van der Waals surface area (Å²) in [6.45, 7) is 7.63. The summed E-state index contributed by atoms with van der Waals surface area (Å²) in [5, 5.41) is 17.0. The van der Waals surface area contributed by atoms with Gasteiger partial charge in [0.2, 0.25) is 0 Å². The van der Waals surface area contributed by atoms with Crippen LogP contribution in [0.5, 0.6) is 0 Å². The third-order valence-electron chi connectivity index (χ3n) is 3.89. The molecule has 0 aromatic carbocycles. The second-order valence-corrected chi connectivity index (χ2v) is 6.63. The molecule has 0 bridgehead atoms. The number of rotatable bonds is 4. The van der Waals surface area contributed by atoms with Gasteiger partial charge in [-0.3, -0.25) is 0 Å². The summed E-state index contributed by atoms with van der Waals surface area (Å²) < 4.78 is 5.10. The highest BCUT2D eigenvalue weighted by Gasteiger charge is 2.42. The molecule has 102 valence electrons. The van der Waals surface area contributed by atoms with Crippen molar-refractivity contribution in [2.24, 2.45) is 11.3 Å². The van der Waals surface area contributed by atoms with E-state index in [0.717, 1.165) is 18.6 Å². The molecule has 4 nitrogen and oxygen atoms in total. The lowest BCUT2D eigenvalue weighted by molar-refractivity contribution is 0.0338. The van der Waals surface area contributed by atoms with E-state index in [-0.39, 0.29) is 17.6 Å². The highest BCUT2D eigenvalue weighted by Crippen LogP contribution is 2.43. The Balaban J connectivity index is 2.05. The van der Waals surface area contributed by atoms with Gasteiger partial charge < -0.3 is 14.9 Å². The highest BCUT2D eigenvalue weighted by molar-refractivity contribution is 5.01. The molecule has 0 unspecified atom stereocenters. The van der Waals surface area contributed by atoms with Crippen LogP contribution >= 0.6 is 0 Å². The number of aliphatic hydroxyl groups excluding tert-OH is 1. The Morgan fingerprint density at radius 1 is 1.50 bits per heavy atom. The van der Waals surface area contributed by atoms with Crippen LogP contribution in [0, 0.1) is 11.3 Å². The molecule has 1 heterocycles. The van der Waals surface area contributed by atoms with Crippen LogP contribution in [0.4, 0.5) is 0 Å². The van der Waals surface area contributed by atoms with Crippen LogP contribution in [-0.4, -0.2) is 22.4 Å². The van der Waals surface area contributed by atoms with Gasteiger partial charge in [-0.1, -0.05) is 25.9 Å². The van der Waals surface area contributed by atoms with Crippen LogP contribution in [0.1, 0.15) is 45.8 Å². The molecule has 2 N–H and O–H groups in total. The van der Waals surface area contributed by atoms with Gasteiger partial charge in [-0.2, -0.15) is 0 Å². The number of nitrogens with one attached hydrogen (secondary N) is 1. The van der Waals surface area contributed by atoms with Crippen LogP contribution in [0.2, 0.25) is 0 Å². The zero-order chi connectivity index (χ0) is 13.2. The van der Waals surface area contributed by atoms with Crippen molar-refractivity contribution in [3.05, 3.63) is 18.0 Å². The molecule has 2 rings (SSSR count). The average molecular weight is 252 g/mol. The molecule has 0 aliphatic heterocycles. The van der Waals surface area contributed by atoms with Crippen LogP contribution in [0.25, 0.3) is 0 Å². The Bertz CT molecular complexity index is 375. The Hall–Kier alpha value is -0.870. The molecule has 1 aromatic rings. The summed E-state index contributed by atoms with van der Waals surface area (Å²) in [5.74, 6) is 1.45. The molecule has 1 fully saturated rings. The summed E-state index contributed by atoms with van der Waals surface area (Å²) in [6.07, 6.45) is 4.88. The Kier molecular flexibility index (Phi) is 3.78. The molecule has 4 heteroatoms. The van der Waals surface area contributed by atoms with E-state index in [4.69, 9.17) is 4.52 Å². The average Bonchev–Trinajstić information content (AvgIpc) is 2.76. The summed E-state index contributed by atoms with van der Waals surface area (Å²) in [7, 11) is 0. The molecule has 0 spiro atoms. The van der Waals surface area contributed by atoms with Gasteiger partial charge in [0.15, 0.2) is 0 Å². The topological polar surface area (TPSA) is 58.3 Å². The van der Waals surface area contributed by atoms with E-state index < -0.39 is 0 Å². The molecule has 1 aliphatic rings. The zero-order valence-electron chi connectivity index (χ0n) is 11.6. The molecule has 1 aliphatic carbocycles. The van der Waals surface area contributed by atoms with Crippen molar-refractivity contribution in [2.75, 3.05) is 6.61 Å². The Morgan fingerprint density at radius 3 is 2.83 bits per heavy atom. The van der Waals surface area contributed by atoms with E-state index in [2.05, 4.69) is 31.2 Å². The van der Waals surface area contributed by atoms with Crippen molar-refractivity contribution >= 4 is 0 Å². The molecule has 18 heavy (non-hydrogen) atoms. The van der Waals surface area contributed by atoms with Gasteiger partial charge in [0.25, 0.3) is 0 Å². The third kappa shape index (κ3) is 3.12. The first-order valence-electron chi connectivity index (χ1n) is 6.70. The standard InChI is InChI=1S/C14H24N2O2/c1-11-6-13(2,3)9-14(7-11,10-17)15-8-12-4-5-16-18-12/h4-5,11,15,17H,6-10H2,1-3H3/t11-,14-/m1/s1. The predicted molar refractivity (Wildman–Crippen MR) is 70.0 cm³/mol. The molecule has 1 saturated carbocycles. The number of nitrogens with zero attached hydrogens (tertiary/aromatic N) is 1. The lowest BCUT2D eigenvalue weighted by Gasteiger charge is -2.47. The van der Waals surface area contributed by atoms with Crippen molar-refractivity contribution in [1.29, 1.82) is 0 Å². The fourth-order valence-electron chi connectivity index (χ4n) is 3.66. The quantitative estimate of drug-likeness (QED) is 0.863. The predicted octanol–water partition coefficient (Wildman–Crippen LogP) is 2.34. The molecule has 1 aromatic heterocycles. The van der Waals surface area contributed by atoms with Gasteiger partial charge >= 0.3 is 0 Å². The largest absolute Gasteiger partial charge is 0.394 e. The normalized spacial score (nSPS) is 31.4. The van der Waals surface area contributed by atoms with Gasteiger partial charge in [0, 0.05) is 11.6 Å². The maximum Gasteiger partial charge on any atom is 0.150 e. The van der Waals surface area contributed by atoms with E-state index in [9.17, 15) is 5.11 Å². The first-order chi connectivity index (χ1) is 8.45. The van der Waals surface area contributed by atoms with E-state index in [1.54, 1.807) is 6.20 Å². The van der Waals surface area contributed by atoms with Gasteiger partial charge in [-0.05, 0) is 30.6 Å². The minimum atomic E-state index is -0.187. The van der Waals surface area contributed by atoms with Crippen molar-refractivity contribution in [3.63, 3.8) is 0 Å². The fourth-order valence-corrected chi connectivity index (χ4v) is 3.66. The van der Waals surface area contributed by atoms with Crippen molar-refractivity contribution in [1.82, 2.24) is 10.5 Å². The van der Waals surface area contributed by atoms with Crippen molar-refractivity contribution in [2.45, 2.75) is 52.1 Å². The first kappa shape index (κ1) is 13.6. The van der Waals surface area contributed by atoms with Crippen LogP contribution < -0.4 is 5.32 Å². The lowest BCUT2D eigenvalue weighted by Crippen LogP contribution is -2.54. The first-order valence-corrected chi connectivity index (χ1v) is 6.70. The maximum absolute atomic E-state index is 9.81. The zero-order valence-corrected chi connectivity index (χ0v) is 11.6. The minimum absolute atomic E-state index is 0.176. The number of aromatic nitrogens is 1. The SMILES string of the molecule is C[C@@H]1CC(C)(C)C[C@](CO)(NCc2ccno2)C1. The summed E-state index contributed by atoms with van der Waals surface area (Å²) >= 11 is 0.